The maximum atomic E-state index is 12.3. The number of carbonyl (C=O) groups is 1. The lowest BCUT2D eigenvalue weighted by atomic mass is 10.2. The Kier molecular flexibility index (Phi) is 4.78. The van der Waals surface area contributed by atoms with E-state index in [1.165, 1.54) is 6.33 Å². The molecule has 3 N–H and O–H groups in total. The van der Waals surface area contributed by atoms with Crippen LogP contribution in [0.1, 0.15) is 10.4 Å². The first kappa shape index (κ1) is 16.0. The second-order valence-electron chi connectivity index (χ2n) is 5.34. The molecule has 3 aromatic rings. The lowest BCUT2D eigenvalue weighted by Gasteiger charge is -2.11. The fraction of sp³-hybridized carbons (Fsp3) is 0.250. The Bertz CT molecular complexity index is 830. The number of aliphatic hydroxyl groups is 2. The molecule has 0 saturated carbocycles. The molecule has 0 aliphatic carbocycles. The quantitative estimate of drug-likeness (QED) is 0.613. The van der Waals surface area contributed by atoms with Crippen LogP contribution in [0.2, 0.25) is 0 Å². The van der Waals surface area contributed by atoms with Gasteiger partial charge in [-0.1, -0.05) is 18.2 Å². The molecular formula is C16H17N5O3. The smallest absolute Gasteiger partial charge is 0.256 e. The zero-order valence-corrected chi connectivity index (χ0v) is 12.8. The van der Waals surface area contributed by atoms with E-state index >= 15 is 0 Å². The summed E-state index contributed by atoms with van der Waals surface area (Å²) < 4.78 is 1.71. The number of aliphatic hydroxyl groups excluding tert-OH is 2. The molecule has 0 aliphatic heterocycles. The van der Waals surface area contributed by atoms with Gasteiger partial charge in [0.1, 0.15) is 6.33 Å². The standard InChI is InChI=1S/C16H17N5O3/c22-7-11(8-23)6-21-10-19-13-14(17-9-18-15(13)21)20-16(24)12-4-2-1-3-5-12/h1-5,9-11,22-23H,6-8H2,(H,17,18,20,24). The predicted octanol–water partition coefficient (Wildman–Crippen LogP) is 0.679. The topological polar surface area (TPSA) is 113 Å². The van der Waals surface area contributed by atoms with Crippen LogP contribution in [-0.4, -0.2) is 48.9 Å². The van der Waals surface area contributed by atoms with E-state index in [4.69, 9.17) is 0 Å². The van der Waals surface area contributed by atoms with Gasteiger partial charge >= 0.3 is 0 Å². The van der Waals surface area contributed by atoms with Crippen LogP contribution in [0.15, 0.2) is 43.0 Å². The van der Waals surface area contributed by atoms with Gasteiger partial charge in [0, 0.05) is 31.2 Å². The lowest BCUT2D eigenvalue weighted by Crippen LogP contribution is -2.18. The molecular weight excluding hydrogens is 310 g/mol. The third-order valence-electron chi connectivity index (χ3n) is 3.64. The number of aromatic nitrogens is 4. The first-order valence-corrected chi connectivity index (χ1v) is 7.47. The van der Waals surface area contributed by atoms with Gasteiger partial charge in [0.2, 0.25) is 0 Å². The van der Waals surface area contributed by atoms with Gasteiger partial charge < -0.3 is 20.1 Å². The number of amides is 1. The van der Waals surface area contributed by atoms with Crippen LogP contribution in [0.3, 0.4) is 0 Å². The van der Waals surface area contributed by atoms with Crippen molar-refractivity contribution in [3.8, 4) is 0 Å². The molecule has 0 atom stereocenters. The molecule has 8 nitrogen and oxygen atoms in total. The maximum Gasteiger partial charge on any atom is 0.256 e. The minimum Gasteiger partial charge on any atom is -0.396 e. The van der Waals surface area contributed by atoms with E-state index in [9.17, 15) is 15.0 Å². The first-order chi connectivity index (χ1) is 11.7. The van der Waals surface area contributed by atoms with Crippen molar-refractivity contribution in [2.24, 2.45) is 5.92 Å². The third-order valence-corrected chi connectivity index (χ3v) is 3.64. The second-order valence-corrected chi connectivity index (χ2v) is 5.34. The fourth-order valence-corrected chi connectivity index (χ4v) is 2.33. The lowest BCUT2D eigenvalue weighted by molar-refractivity contribution is 0.102. The van der Waals surface area contributed by atoms with Gasteiger partial charge in [-0.05, 0) is 12.1 Å². The third kappa shape index (κ3) is 3.24. The minimum absolute atomic E-state index is 0.140. The van der Waals surface area contributed by atoms with Crippen molar-refractivity contribution in [2.45, 2.75) is 6.54 Å². The Morgan fingerprint density at radius 1 is 1.12 bits per heavy atom. The van der Waals surface area contributed by atoms with Gasteiger partial charge in [-0.15, -0.1) is 0 Å². The van der Waals surface area contributed by atoms with Gasteiger partial charge in [0.15, 0.2) is 17.0 Å². The molecule has 24 heavy (non-hydrogen) atoms. The number of hydrogen-bond acceptors (Lipinski definition) is 6. The van der Waals surface area contributed by atoms with Crippen molar-refractivity contribution in [1.29, 1.82) is 0 Å². The molecule has 2 aromatic heterocycles. The maximum absolute atomic E-state index is 12.3. The summed E-state index contributed by atoms with van der Waals surface area (Å²) in [5.41, 5.74) is 1.50. The summed E-state index contributed by atoms with van der Waals surface area (Å²) in [4.78, 5) is 24.8. The highest BCUT2D eigenvalue weighted by molar-refractivity contribution is 6.06. The summed E-state index contributed by atoms with van der Waals surface area (Å²) in [6.07, 6.45) is 2.89. The van der Waals surface area contributed by atoms with Crippen LogP contribution >= 0.6 is 0 Å². The van der Waals surface area contributed by atoms with E-state index in [0.29, 0.717) is 29.1 Å². The Morgan fingerprint density at radius 2 is 1.88 bits per heavy atom. The zero-order chi connectivity index (χ0) is 16.9. The molecule has 0 radical (unpaired) electrons. The number of rotatable bonds is 6. The zero-order valence-electron chi connectivity index (χ0n) is 12.8. The SMILES string of the molecule is O=C(Nc1ncnc2c1ncn2CC(CO)CO)c1ccccc1. The van der Waals surface area contributed by atoms with E-state index in [-0.39, 0.29) is 25.0 Å². The summed E-state index contributed by atoms with van der Waals surface area (Å²) >= 11 is 0. The van der Waals surface area contributed by atoms with Crippen LogP contribution < -0.4 is 5.32 Å². The summed E-state index contributed by atoms with van der Waals surface area (Å²) in [5, 5.41) is 21.2. The van der Waals surface area contributed by atoms with Crippen molar-refractivity contribution < 1.29 is 15.0 Å². The first-order valence-electron chi connectivity index (χ1n) is 7.47. The summed E-state index contributed by atoms with van der Waals surface area (Å²) in [7, 11) is 0. The van der Waals surface area contributed by atoms with Gasteiger partial charge in [-0.2, -0.15) is 0 Å². The molecule has 8 heteroatoms. The highest BCUT2D eigenvalue weighted by atomic mass is 16.3. The number of carbonyl (C=O) groups excluding carboxylic acids is 1. The average Bonchev–Trinajstić information content (AvgIpc) is 3.04. The van der Waals surface area contributed by atoms with Gasteiger partial charge in [-0.25, -0.2) is 15.0 Å². The average molecular weight is 327 g/mol. The summed E-state index contributed by atoms with van der Waals surface area (Å²) in [5.74, 6) is -0.273. The number of benzene rings is 1. The van der Waals surface area contributed by atoms with Gasteiger partial charge in [0.25, 0.3) is 5.91 Å². The van der Waals surface area contributed by atoms with Gasteiger partial charge in [0.05, 0.1) is 6.33 Å². The van der Waals surface area contributed by atoms with E-state index in [1.54, 1.807) is 35.2 Å². The molecule has 0 bridgehead atoms. The van der Waals surface area contributed by atoms with Crippen molar-refractivity contribution in [2.75, 3.05) is 18.5 Å². The normalized spacial score (nSPS) is 11.1. The number of anilines is 1. The van der Waals surface area contributed by atoms with E-state index < -0.39 is 0 Å². The fourth-order valence-electron chi connectivity index (χ4n) is 2.33. The predicted molar refractivity (Wildman–Crippen MR) is 87.4 cm³/mol. The Balaban J connectivity index is 1.87. The monoisotopic (exact) mass is 327 g/mol. The number of imidazole rings is 1. The van der Waals surface area contributed by atoms with E-state index in [1.807, 2.05) is 6.07 Å². The number of hydrogen-bond donors (Lipinski definition) is 3. The van der Waals surface area contributed by atoms with Crippen molar-refractivity contribution in [1.82, 2.24) is 19.5 Å². The van der Waals surface area contributed by atoms with E-state index in [0.717, 1.165) is 0 Å². The molecule has 0 spiro atoms. The van der Waals surface area contributed by atoms with Crippen LogP contribution in [0.4, 0.5) is 5.82 Å². The van der Waals surface area contributed by atoms with Crippen molar-refractivity contribution in [3.63, 3.8) is 0 Å². The number of fused-ring (bicyclic) bond motifs is 1. The molecule has 1 aromatic carbocycles. The summed E-state index contributed by atoms with van der Waals surface area (Å²) in [6, 6.07) is 8.81. The minimum atomic E-state index is -0.306. The number of nitrogens with one attached hydrogen (secondary N) is 1. The molecule has 0 aliphatic rings. The molecule has 2 heterocycles. The van der Waals surface area contributed by atoms with Gasteiger partial charge in [-0.3, -0.25) is 4.79 Å². The molecule has 3 rings (SSSR count). The second kappa shape index (κ2) is 7.16. The van der Waals surface area contributed by atoms with Crippen LogP contribution in [0.25, 0.3) is 11.2 Å². The highest BCUT2D eigenvalue weighted by Crippen LogP contribution is 2.19. The van der Waals surface area contributed by atoms with Crippen molar-refractivity contribution in [3.05, 3.63) is 48.5 Å². The van der Waals surface area contributed by atoms with Crippen LogP contribution in [0, 0.1) is 5.92 Å². The van der Waals surface area contributed by atoms with Crippen LogP contribution in [-0.2, 0) is 6.54 Å². The molecule has 124 valence electrons. The Labute approximate surface area is 137 Å². The van der Waals surface area contributed by atoms with Crippen LogP contribution in [0.5, 0.6) is 0 Å². The van der Waals surface area contributed by atoms with Crippen molar-refractivity contribution >= 4 is 22.9 Å². The highest BCUT2D eigenvalue weighted by Gasteiger charge is 2.15. The molecule has 0 saturated heterocycles. The largest absolute Gasteiger partial charge is 0.396 e. The Morgan fingerprint density at radius 3 is 2.58 bits per heavy atom. The molecule has 1 amide bonds. The molecule has 0 fully saturated rings. The number of nitrogens with zero attached hydrogens (tertiary/aromatic N) is 4. The molecule has 0 unspecified atom stereocenters. The Hall–Kier alpha value is -2.84. The summed E-state index contributed by atoms with van der Waals surface area (Å²) in [6.45, 7) is 0.0876. The van der Waals surface area contributed by atoms with E-state index in [2.05, 4.69) is 20.3 Å².